The van der Waals surface area contributed by atoms with E-state index < -0.39 is 34.3 Å². The zero-order valence-corrected chi connectivity index (χ0v) is 10.9. The highest BCUT2D eigenvalue weighted by Gasteiger charge is 2.18. The van der Waals surface area contributed by atoms with Crippen LogP contribution in [-0.2, 0) is 20.3 Å². The van der Waals surface area contributed by atoms with E-state index in [2.05, 4.69) is 0 Å². The minimum atomic E-state index is -1.56. The van der Waals surface area contributed by atoms with Crippen molar-refractivity contribution in [1.82, 2.24) is 0 Å². The van der Waals surface area contributed by atoms with Crippen molar-refractivity contribution in [3.63, 3.8) is 0 Å². The summed E-state index contributed by atoms with van der Waals surface area (Å²) in [6.45, 7) is 3.51. The monoisotopic (exact) mass is 276 g/mol. The highest BCUT2D eigenvalue weighted by atomic mass is 32.2. The van der Waals surface area contributed by atoms with Gasteiger partial charge in [-0.05, 0) is 25.1 Å². The molecule has 0 bridgehead atoms. The predicted octanol–water partition coefficient (Wildman–Crippen LogP) is 2.27. The van der Waals surface area contributed by atoms with Gasteiger partial charge in [0.25, 0.3) is 0 Å². The van der Waals surface area contributed by atoms with Crippen molar-refractivity contribution in [3.05, 3.63) is 29.8 Å². The maximum Gasteiger partial charge on any atom is 0.309 e. The van der Waals surface area contributed by atoms with Gasteiger partial charge in [0, 0.05) is 10.6 Å². The smallest absolute Gasteiger partial charge is 0.309 e. The number of ether oxygens (including phenoxy) is 1. The molecule has 0 heterocycles. The summed E-state index contributed by atoms with van der Waals surface area (Å²) in [7, 11) is -1.56. The first-order valence-corrected chi connectivity index (χ1v) is 6.77. The molecule has 2 atom stereocenters. The molecule has 0 N–H and O–H groups in total. The van der Waals surface area contributed by atoms with Crippen molar-refractivity contribution in [2.24, 2.45) is 5.92 Å². The van der Waals surface area contributed by atoms with Crippen LogP contribution in [0, 0.1) is 17.6 Å². The Morgan fingerprint density at radius 1 is 1.39 bits per heavy atom. The van der Waals surface area contributed by atoms with E-state index >= 15 is 0 Å². The van der Waals surface area contributed by atoms with Gasteiger partial charge >= 0.3 is 5.97 Å². The van der Waals surface area contributed by atoms with E-state index in [-0.39, 0.29) is 17.3 Å². The van der Waals surface area contributed by atoms with Crippen LogP contribution in [0.4, 0.5) is 8.78 Å². The molecular formula is C12H14F2O3S. The standard InChI is InChI=1S/C12H14F2O3S/c1-3-17-12(15)8(2)7-18(16)9-4-5-10(13)11(14)6-9/h4-6,8H,3,7H2,1-2H3. The van der Waals surface area contributed by atoms with Crippen molar-refractivity contribution in [3.8, 4) is 0 Å². The van der Waals surface area contributed by atoms with E-state index in [0.717, 1.165) is 12.1 Å². The van der Waals surface area contributed by atoms with Gasteiger partial charge in [0.05, 0.1) is 23.3 Å². The molecule has 6 heteroatoms. The molecular weight excluding hydrogens is 262 g/mol. The lowest BCUT2D eigenvalue weighted by Gasteiger charge is -2.10. The van der Waals surface area contributed by atoms with Crippen LogP contribution in [-0.4, -0.2) is 22.5 Å². The van der Waals surface area contributed by atoms with Crippen LogP contribution in [0.5, 0.6) is 0 Å². The number of hydrogen-bond donors (Lipinski definition) is 0. The fourth-order valence-electron chi connectivity index (χ4n) is 1.29. The Kier molecular flexibility index (Phi) is 5.40. The van der Waals surface area contributed by atoms with Crippen LogP contribution in [0.25, 0.3) is 0 Å². The molecule has 0 saturated heterocycles. The molecule has 0 amide bonds. The Labute approximate surface area is 107 Å². The average molecular weight is 276 g/mol. The fraction of sp³-hybridized carbons (Fsp3) is 0.417. The Morgan fingerprint density at radius 2 is 2.06 bits per heavy atom. The molecule has 0 saturated carbocycles. The second kappa shape index (κ2) is 6.58. The predicted molar refractivity (Wildman–Crippen MR) is 63.4 cm³/mol. The minimum Gasteiger partial charge on any atom is -0.466 e. The molecule has 0 aliphatic rings. The van der Waals surface area contributed by atoms with Crippen LogP contribution >= 0.6 is 0 Å². The first-order chi connectivity index (χ1) is 8.45. The van der Waals surface area contributed by atoms with Gasteiger partial charge in [-0.25, -0.2) is 8.78 Å². The third kappa shape index (κ3) is 3.87. The van der Waals surface area contributed by atoms with E-state index in [0.29, 0.717) is 0 Å². The lowest BCUT2D eigenvalue weighted by Crippen LogP contribution is -2.20. The van der Waals surface area contributed by atoms with E-state index in [1.54, 1.807) is 13.8 Å². The molecule has 0 aliphatic heterocycles. The third-order valence-electron chi connectivity index (χ3n) is 2.24. The SMILES string of the molecule is CCOC(=O)C(C)CS(=O)c1ccc(F)c(F)c1. The van der Waals surface area contributed by atoms with Crippen LogP contribution in [0.15, 0.2) is 23.1 Å². The summed E-state index contributed by atoms with van der Waals surface area (Å²) in [5.41, 5.74) is 0. The maximum atomic E-state index is 13.0. The first-order valence-electron chi connectivity index (χ1n) is 5.45. The largest absolute Gasteiger partial charge is 0.466 e. The summed E-state index contributed by atoms with van der Waals surface area (Å²) < 4.78 is 42.3. The molecule has 1 aromatic rings. The van der Waals surface area contributed by atoms with Crippen molar-refractivity contribution >= 4 is 16.8 Å². The number of rotatable bonds is 5. The van der Waals surface area contributed by atoms with Gasteiger partial charge in [0.1, 0.15) is 0 Å². The van der Waals surface area contributed by atoms with Gasteiger partial charge in [-0.15, -0.1) is 0 Å². The number of carbonyl (C=O) groups excluding carboxylic acids is 1. The number of carbonyl (C=O) groups is 1. The summed E-state index contributed by atoms with van der Waals surface area (Å²) in [5, 5.41) is 0. The molecule has 3 nitrogen and oxygen atoms in total. The highest BCUT2D eigenvalue weighted by molar-refractivity contribution is 7.85. The summed E-state index contributed by atoms with van der Waals surface area (Å²) in [5.74, 6) is -3.03. The fourth-order valence-corrected chi connectivity index (χ4v) is 2.53. The maximum absolute atomic E-state index is 13.0. The quantitative estimate of drug-likeness (QED) is 0.775. The number of halogens is 2. The molecule has 2 unspecified atom stereocenters. The molecule has 0 spiro atoms. The van der Waals surface area contributed by atoms with Crippen LogP contribution in [0.2, 0.25) is 0 Å². The van der Waals surface area contributed by atoms with Crippen molar-refractivity contribution in [1.29, 1.82) is 0 Å². The third-order valence-corrected chi connectivity index (χ3v) is 3.83. The molecule has 18 heavy (non-hydrogen) atoms. The lowest BCUT2D eigenvalue weighted by molar-refractivity contribution is -0.146. The average Bonchev–Trinajstić information content (AvgIpc) is 2.32. The number of hydrogen-bond acceptors (Lipinski definition) is 3. The van der Waals surface area contributed by atoms with E-state index in [1.165, 1.54) is 6.07 Å². The highest BCUT2D eigenvalue weighted by Crippen LogP contribution is 2.14. The van der Waals surface area contributed by atoms with Crippen molar-refractivity contribution in [2.75, 3.05) is 12.4 Å². The normalized spacial score (nSPS) is 14.0. The summed E-state index contributed by atoms with van der Waals surface area (Å²) in [4.78, 5) is 11.5. The topological polar surface area (TPSA) is 43.4 Å². The second-order valence-electron chi connectivity index (χ2n) is 3.74. The van der Waals surface area contributed by atoms with Crippen molar-refractivity contribution in [2.45, 2.75) is 18.7 Å². The van der Waals surface area contributed by atoms with E-state index in [4.69, 9.17) is 4.74 Å². The molecule has 100 valence electrons. The Hall–Kier alpha value is -1.30. The zero-order chi connectivity index (χ0) is 13.7. The van der Waals surface area contributed by atoms with Gasteiger partial charge in [-0.1, -0.05) is 6.92 Å². The molecule has 1 rings (SSSR count). The summed E-state index contributed by atoms with van der Waals surface area (Å²) in [6, 6.07) is 3.04. The van der Waals surface area contributed by atoms with Gasteiger partial charge in [0.2, 0.25) is 0 Å². The van der Waals surface area contributed by atoms with Gasteiger partial charge in [-0.2, -0.15) is 0 Å². The van der Waals surface area contributed by atoms with E-state index in [1.807, 2.05) is 0 Å². The van der Waals surface area contributed by atoms with Crippen LogP contribution in [0.3, 0.4) is 0 Å². The molecule has 0 aromatic heterocycles. The minimum absolute atomic E-state index is 0.0178. The van der Waals surface area contributed by atoms with Crippen LogP contribution in [0.1, 0.15) is 13.8 Å². The van der Waals surface area contributed by atoms with E-state index in [9.17, 15) is 17.8 Å². The number of esters is 1. The van der Waals surface area contributed by atoms with Gasteiger partial charge in [-0.3, -0.25) is 9.00 Å². The van der Waals surface area contributed by atoms with Gasteiger partial charge < -0.3 is 4.74 Å². The lowest BCUT2D eigenvalue weighted by atomic mass is 10.2. The Balaban J connectivity index is 2.70. The first kappa shape index (κ1) is 14.8. The summed E-state index contributed by atoms with van der Waals surface area (Å²) in [6.07, 6.45) is 0. The Morgan fingerprint density at radius 3 is 2.61 bits per heavy atom. The summed E-state index contributed by atoms with van der Waals surface area (Å²) >= 11 is 0. The van der Waals surface area contributed by atoms with Crippen molar-refractivity contribution < 1.29 is 22.5 Å². The Bertz CT molecular complexity index is 463. The van der Waals surface area contributed by atoms with Crippen LogP contribution < -0.4 is 0 Å². The molecule has 0 radical (unpaired) electrons. The number of benzene rings is 1. The second-order valence-corrected chi connectivity index (χ2v) is 5.24. The molecule has 0 aliphatic carbocycles. The molecule has 0 fully saturated rings. The van der Waals surface area contributed by atoms with Gasteiger partial charge in [0.15, 0.2) is 11.6 Å². The molecule has 1 aromatic carbocycles. The zero-order valence-electron chi connectivity index (χ0n) is 10.1.